The number of fused-ring (bicyclic) bond motifs is 1. The average molecular weight is 474 g/mol. The number of hydrogen-bond donors (Lipinski definition) is 4. The fourth-order valence-electron chi connectivity index (χ4n) is 4.41. The molecule has 2 unspecified atom stereocenters. The number of aliphatic hydroxyl groups is 1. The third-order valence-corrected chi connectivity index (χ3v) is 6.13. The summed E-state index contributed by atoms with van der Waals surface area (Å²) in [6.45, 7) is 7.69. The van der Waals surface area contributed by atoms with Crippen LogP contribution in [0.5, 0.6) is 0 Å². The van der Waals surface area contributed by atoms with E-state index in [1.165, 1.54) is 6.42 Å². The van der Waals surface area contributed by atoms with Crippen LogP contribution in [0.4, 0.5) is 5.69 Å². The van der Waals surface area contributed by atoms with Crippen molar-refractivity contribution in [2.45, 2.75) is 77.7 Å². The van der Waals surface area contributed by atoms with Crippen molar-refractivity contribution < 1.29 is 19.1 Å². The highest BCUT2D eigenvalue weighted by Crippen LogP contribution is 2.23. The largest absolute Gasteiger partial charge is 0.422 e. The van der Waals surface area contributed by atoms with Crippen LogP contribution < -0.4 is 21.6 Å². The molecule has 1 heterocycles. The third kappa shape index (κ3) is 7.55. The van der Waals surface area contributed by atoms with E-state index in [0.29, 0.717) is 30.0 Å². The van der Waals surface area contributed by atoms with Gasteiger partial charge in [0.15, 0.2) is 6.29 Å². The molecule has 1 fully saturated rings. The molecule has 2 aromatic rings. The Balaban J connectivity index is 1.53. The van der Waals surface area contributed by atoms with Crippen molar-refractivity contribution in [2.24, 2.45) is 5.92 Å². The zero-order chi connectivity index (χ0) is 24.5. The van der Waals surface area contributed by atoms with E-state index in [1.54, 1.807) is 12.1 Å². The van der Waals surface area contributed by atoms with Crippen molar-refractivity contribution in [1.29, 1.82) is 0 Å². The van der Waals surface area contributed by atoms with Gasteiger partial charge in [-0.05, 0) is 50.3 Å². The smallest absolute Gasteiger partial charge is 0.349 e. The van der Waals surface area contributed by atoms with E-state index >= 15 is 0 Å². The first-order chi connectivity index (χ1) is 16.4. The molecule has 1 amide bonds. The first-order valence-corrected chi connectivity index (χ1v) is 12.5. The number of amides is 1. The second-order valence-electron chi connectivity index (χ2n) is 9.46. The van der Waals surface area contributed by atoms with Crippen LogP contribution in [-0.2, 0) is 4.74 Å². The van der Waals surface area contributed by atoms with Crippen molar-refractivity contribution in [3.05, 3.63) is 40.2 Å². The summed E-state index contributed by atoms with van der Waals surface area (Å²) in [7, 11) is 0. The van der Waals surface area contributed by atoms with Crippen LogP contribution in [0.2, 0.25) is 0 Å². The lowest BCUT2D eigenvalue weighted by Gasteiger charge is -2.31. The zero-order valence-electron chi connectivity index (χ0n) is 20.6. The second kappa shape index (κ2) is 12.9. The number of hydrogen-bond acceptors (Lipinski definition) is 7. The molecular weight excluding hydrogens is 434 g/mol. The highest BCUT2D eigenvalue weighted by molar-refractivity contribution is 5.96. The molecule has 1 saturated carbocycles. The lowest BCUT2D eigenvalue weighted by Crippen LogP contribution is -2.46. The molecule has 4 N–H and O–H groups in total. The van der Waals surface area contributed by atoms with Crippen molar-refractivity contribution in [3.8, 4) is 0 Å². The third-order valence-electron chi connectivity index (χ3n) is 6.13. The Labute approximate surface area is 201 Å². The molecule has 0 radical (unpaired) electrons. The van der Waals surface area contributed by atoms with Gasteiger partial charge in [-0.2, -0.15) is 0 Å². The number of carbonyl (C=O) groups is 1. The molecule has 8 nitrogen and oxygen atoms in total. The predicted octanol–water partition coefficient (Wildman–Crippen LogP) is 3.63. The van der Waals surface area contributed by atoms with Crippen molar-refractivity contribution in [1.82, 2.24) is 10.6 Å². The molecule has 1 aromatic heterocycles. The van der Waals surface area contributed by atoms with Crippen LogP contribution in [0.3, 0.4) is 0 Å². The summed E-state index contributed by atoms with van der Waals surface area (Å²) in [6.07, 6.45) is 5.48. The predicted molar refractivity (Wildman–Crippen MR) is 134 cm³/mol. The molecule has 0 saturated heterocycles. The van der Waals surface area contributed by atoms with Gasteiger partial charge in [0.1, 0.15) is 11.1 Å². The fraction of sp³-hybridized carbons (Fsp3) is 0.615. The Bertz CT molecular complexity index is 984. The Morgan fingerprint density at radius 3 is 2.65 bits per heavy atom. The molecule has 2 atom stereocenters. The lowest BCUT2D eigenvalue weighted by molar-refractivity contribution is -0.162. The highest BCUT2D eigenvalue weighted by atomic mass is 16.6. The van der Waals surface area contributed by atoms with E-state index in [-0.39, 0.29) is 17.7 Å². The van der Waals surface area contributed by atoms with E-state index in [9.17, 15) is 14.7 Å². The van der Waals surface area contributed by atoms with Gasteiger partial charge in [0.05, 0.1) is 12.1 Å². The van der Waals surface area contributed by atoms with Gasteiger partial charge in [0.2, 0.25) is 0 Å². The van der Waals surface area contributed by atoms with Crippen molar-refractivity contribution in [2.75, 3.05) is 25.0 Å². The maximum atomic E-state index is 12.6. The van der Waals surface area contributed by atoms with Gasteiger partial charge in [-0.25, -0.2) is 4.79 Å². The summed E-state index contributed by atoms with van der Waals surface area (Å²) in [5.41, 5.74) is 0.598. The minimum Gasteiger partial charge on any atom is -0.422 e. The summed E-state index contributed by atoms with van der Waals surface area (Å²) < 4.78 is 11.3. The summed E-state index contributed by atoms with van der Waals surface area (Å²) in [5, 5.41) is 20.6. The second-order valence-corrected chi connectivity index (χ2v) is 9.46. The molecule has 3 rings (SSSR count). The fourth-order valence-corrected chi connectivity index (χ4v) is 4.41. The minimum absolute atomic E-state index is 0.0249. The first-order valence-electron chi connectivity index (χ1n) is 12.5. The molecule has 1 aromatic carbocycles. The van der Waals surface area contributed by atoms with Gasteiger partial charge in [-0.15, -0.1) is 0 Å². The Morgan fingerprint density at radius 1 is 1.18 bits per heavy atom. The molecule has 0 aliphatic heterocycles. The number of carbonyl (C=O) groups excluding carboxylic acids is 1. The van der Waals surface area contributed by atoms with Crippen LogP contribution >= 0.6 is 0 Å². The Hall–Kier alpha value is -2.42. The number of nitrogens with one attached hydrogen (secondary N) is 3. The van der Waals surface area contributed by atoms with Gasteiger partial charge in [-0.3, -0.25) is 4.79 Å². The van der Waals surface area contributed by atoms with Crippen LogP contribution in [0, 0.1) is 5.92 Å². The number of benzene rings is 1. The normalized spacial score (nSPS) is 16.5. The standard InChI is InChI=1S/C26H39N3O5/c1-4-27-19-11-10-18-15-21(25(31)34-23(18)16-19)24(30)29-13-12-28-22(14-17(2)3)26(32)33-20-8-6-5-7-9-20/h10-11,15-17,20,22,26-28,32H,4-9,12-14H2,1-3H3,(H,29,30). The highest BCUT2D eigenvalue weighted by Gasteiger charge is 2.25. The van der Waals surface area contributed by atoms with E-state index in [2.05, 4.69) is 29.8 Å². The molecule has 188 valence electrons. The number of anilines is 1. The minimum atomic E-state index is -0.888. The summed E-state index contributed by atoms with van der Waals surface area (Å²) in [4.78, 5) is 25.0. The van der Waals surface area contributed by atoms with Gasteiger partial charge in [0.25, 0.3) is 5.91 Å². The van der Waals surface area contributed by atoms with Crippen LogP contribution in [0.15, 0.2) is 33.5 Å². The Morgan fingerprint density at radius 2 is 1.94 bits per heavy atom. The number of rotatable bonds is 12. The monoisotopic (exact) mass is 473 g/mol. The van der Waals surface area contributed by atoms with E-state index in [4.69, 9.17) is 9.15 Å². The van der Waals surface area contributed by atoms with E-state index in [1.807, 2.05) is 19.1 Å². The molecule has 1 aliphatic carbocycles. The van der Waals surface area contributed by atoms with Crippen molar-refractivity contribution in [3.63, 3.8) is 0 Å². The molecule has 0 bridgehead atoms. The lowest BCUT2D eigenvalue weighted by atomic mass is 9.97. The van der Waals surface area contributed by atoms with Crippen LogP contribution in [-0.4, -0.2) is 49.1 Å². The van der Waals surface area contributed by atoms with Crippen LogP contribution in [0.1, 0.15) is 69.7 Å². The molecule has 34 heavy (non-hydrogen) atoms. The topological polar surface area (TPSA) is 113 Å². The summed E-state index contributed by atoms with van der Waals surface area (Å²) >= 11 is 0. The maximum Gasteiger partial charge on any atom is 0.349 e. The van der Waals surface area contributed by atoms with E-state index in [0.717, 1.165) is 44.3 Å². The quantitative estimate of drug-likeness (QED) is 0.212. The maximum absolute atomic E-state index is 12.6. The molecular formula is C26H39N3O5. The van der Waals surface area contributed by atoms with Crippen molar-refractivity contribution >= 4 is 22.6 Å². The van der Waals surface area contributed by atoms with Gasteiger partial charge in [0, 0.05) is 36.8 Å². The van der Waals surface area contributed by atoms with Gasteiger partial charge < -0.3 is 30.2 Å². The van der Waals surface area contributed by atoms with Gasteiger partial charge >= 0.3 is 5.63 Å². The summed E-state index contributed by atoms with van der Waals surface area (Å²) in [5.74, 6) is -0.0976. The molecule has 8 heteroatoms. The Kier molecular flexibility index (Phi) is 9.92. The zero-order valence-corrected chi connectivity index (χ0v) is 20.6. The summed E-state index contributed by atoms with van der Waals surface area (Å²) in [6, 6.07) is 6.78. The average Bonchev–Trinajstić information content (AvgIpc) is 2.81. The number of aliphatic hydroxyl groups excluding tert-OH is 1. The molecule has 0 spiro atoms. The number of ether oxygens (including phenoxy) is 1. The molecule has 1 aliphatic rings. The van der Waals surface area contributed by atoms with E-state index < -0.39 is 17.8 Å². The SMILES string of the molecule is CCNc1ccc2cc(C(=O)NCCNC(CC(C)C)C(O)OC3CCCCC3)c(=O)oc2c1. The first kappa shape index (κ1) is 26.2. The van der Waals surface area contributed by atoms with Crippen LogP contribution in [0.25, 0.3) is 11.0 Å². The van der Waals surface area contributed by atoms with Gasteiger partial charge in [-0.1, -0.05) is 33.1 Å².